The summed E-state index contributed by atoms with van der Waals surface area (Å²) in [6.07, 6.45) is 0. The Morgan fingerprint density at radius 3 is 2.40 bits per heavy atom. The van der Waals surface area contributed by atoms with E-state index in [1.165, 1.54) is 12.1 Å². The predicted octanol–water partition coefficient (Wildman–Crippen LogP) is -0.209. The average molecular weight is 203 g/mol. The molecule has 0 spiro atoms. The molecule has 1 aromatic carbocycles. The highest BCUT2D eigenvalue weighted by molar-refractivity contribution is 6.22. The van der Waals surface area contributed by atoms with E-state index < -0.39 is 23.6 Å². The molecule has 15 heavy (non-hydrogen) atoms. The third-order valence-electron chi connectivity index (χ3n) is 2.24. The van der Waals surface area contributed by atoms with Crippen molar-refractivity contribution in [3.8, 4) is 0 Å². The summed E-state index contributed by atoms with van der Waals surface area (Å²) in [6, 6.07) is 4.88. The third kappa shape index (κ3) is 1.38. The Hall–Kier alpha value is -2.17. The number of Topliss-reactive ketones (excluding diaryl/α,β-unsaturated/α-hetero) is 1. The van der Waals surface area contributed by atoms with E-state index in [1.54, 1.807) is 12.1 Å². The van der Waals surface area contributed by atoms with Crippen LogP contribution in [0.3, 0.4) is 0 Å². The summed E-state index contributed by atoms with van der Waals surface area (Å²) in [6.45, 7) is 0. The van der Waals surface area contributed by atoms with E-state index in [2.05, 4.69) is 5.32 Å². The van der Waals surface area contributed by atoms with E-state index in [9.17, 15) is 14.4 Å². The summed E-state index contributed by atoms with van der Waals surface area (Å²) < 4.78 is 0. The van der Waals surface area contributed by atoms with Crippen molar-refractivity contribution < 1.29 is 14.4 Å². The van der Waals surface area contributed by atoms with Crippen molar-refractivity contribution >= 4 is 17.6 Å². The van der Waals surface area contributed by atoms with E-state index in [0.29, 0.717) is 0 Å². The highest BCUT2D eigenvalue weighted by Crippen LogP contribution is 2.16. The maximum atomic E-state index is 11.6. The highest BCUT2D eigenvalue weighted by atomic mass is 16.2. The van der Waals surface area contributed by atoms with Crippen LogP contribution in [0.1, 0.15) is 20.7 Å². The number of rotatable bonds is 1. The maximum absolute atomic E-state index is 11.6. The van der Waals surface area contributed by atoms with Crippen molar-refractivity contribution in [1.29, 1.82) is 0 Å². The topological polar surface area (TPSA) is 87.0 Å². The number of hydrogen-bond donors (Lipinski definition) is 1. The maximum Gasteiger partial charge on any atom is 0.269 e. The molecular weight excluding hydrogens is 196 g/mol. The minimum atomic E-state index is -1.35. The first-order valence-corrected chi connectivity index (χ1v) is 4.31. The van der Waals surface area contributed by atoms with Crippen LogP contribution < -0.4 is 11.1 Å². The zero-order valence-corrected chi connectivity index (χ0v) is 7.61. The van der Waals surface area contributed by atoms with Crippen LogP contribution in [0.15, 0.2) is 24.3 Å². The average Bonchev–Trinajstić information content (AvgIpc) is 2.23. The van der Waals surface area contributed by atoms with Crippen LogP contribution in [0.2, 0.25) is 0 Å². The molecule has 0 bridgehead atoms. The molecule has 0 unspecified atom stereocenters. The van der Waals surface area contributed by atoms with Crippen molar-refractivity contribution in [3.63, 3.8) is 0 Å². The van der Waals surface area contributed by atoms with Crippen LogP contribution in [0, 0.1) is 0 Å². The predicted molar refractivity (Wildman–Crippen MR) is 50.1 cm³/mol. The lowest BCUT2D eigenvalue weighted by Gasteiger charge is -2.21. The summed E-state index contributed by atoms with van der Waals surface area (Å²) in [7, 11) is 0. The number of carbonyl (C=O) groups excluding carboxylic acids is 3. The van der Waals surface area contributed by atoms with E-state index in [4.69, 9.17) is 5.73 Å². The summed E-state index contributed by atoms with van der Waals surface area (Å²) in [5.74, 6) is -2.11. The Balaban J connectivity index is 2.53. The smallest absolute Gasteiger partial charge is 0.269 e. The molecule has 1 aliphatic rings. The second-order valence-corrected chi connectivity index (χ2v) is 3.18. The van der Waals surface area contributed by atoms with Crippen molar-refractivity contribution in [2.75, 3.05) is 0 Å². The zero-order chi connectivity index (χ0) is 11.0. The lowest BCUT2D eigenvalue weighted by Crippen LogP contribution is -2.51. The Labute approximate surface area is 85.3 Å². The first kappa shape index (κ1) is 9.39. The molecule has 1 radical (unpaired) electrons. The van der Waals surface area contributed by atoms with Gasteiger partial charge in [0.25, 0.3) is 11.8 Å². The largest absolute Gasteiger partial charge is 0.334 e. The fraction of sp³-hybridized carbons (Fsp3) is 0.100. The van der Waals surface area contributed by atoms with Crippen molar-refractivity contribution in [3.05, 3.63) is 35.4 Å². The summed E-state index contributed by atoms with van der Waals surface area (Å²) in [5, 5.41) is 2.20. The number of benzene rings is 1. The molecule has 1 atom stereocenters. The van der Waals surface area contributed by atoms with Crippen molar-refractivity contribution in [2.45, 2.75) is 6.04 Å². The summed E-state index contributed by atoms with van der Waals surface area (Å²) in [4.78, 5) is 33.9. The second kappa shape index (κ2) is 3.20. The molecule has 75 valence electrons. The first-order chi connectivity index (χ1) is 7.11. The lowest BCUT2D eigenvalue weighted by atomic mass is 9.94. The monoisotopic (exact) mass is 203 g/mol. The zero-order valence-electron chi connectivity index (χ0n) is 7.61. The molecule has 0 aliphatic carbocycles. The Bertz CT molecular complexity index is 467. The van der Waals surface area contributed by atoms with Gasteiger partial charge in [0.05, 0.1) is 5.56 Å². The highest BCUT2D eigenvalue weighted by Gasteiger charge is 2.35. The van der Waals surface area contributed by atoms with Crippen LogP contribution in [-0.2, 0) is 4.79 Å². The molecule has 5 nitrogen and oxygen atoms in total. The van der Waals surface area contributed by atoms with E-state index in [-0.39, 0.29) is 11.1 Å². The molecule has 0 saturated heterocycles. The van der Waals surface area contributed by atoms with Crippen LogP contribution in [0.5, 0.6) is 0 Å². The minimum Gasteiger partial charge on any atom is -0.334 e. The molecule has 1 heterocycles. The number of ketones is 1. The van der Waals surface area contributed by atoms with Crippen molar-refractivity contribution in [2.24, 2.45) is 0 Å². The van der Waals surface area contributed by atoms with Gasteiger partial charge in [0.15, 0.2) is 11.8 Å². The summed E-state index contributed by atoms with van der Waals surface area (Å²) >= 11 is 0. The van der Waals surface area contributed by atoms with Gasteiger partial charge in [-0.2, -0.15) is 0 Å². The third-order valence-corrected chi connectivity index (χ3v) is 2.24. The molecule has 5 heteroatoms. The molecule has 2 N–H and O–H groups in total. The van der Waals surface area contributed by atoms with Gasteiger partial charge in [0.2, 0.25) is 0 Å². The van der Waals surface area contributed by atoms with Gasteiger partial charge >= 0.3 is 0 Å². The quantitative estimate of drug-likeness (QED) is 0.640. The fourth-order valence-electron chi connectivity index (χ4n) is 1.51. The molecule has 2 amide bonds. The van der Waals surface area contributed by atoms with Crippen LogP contribution in [-0.4, -0.2) is 23.6 Å². The number of amides is 2. The van der Waals surface area contributed by atoms with E-state index in [0.717, 1.165) is 0 Å². The van der Waals surface area contributed by atoms with Gasteiger partial charge in [-0.25, -0.2) is 0 Å². The first-order valence-electron chi connectivity index (χ1n) is 4.31. The fourth-order valence-corrected chi connectivity index (χ4v) is 1.51. The van der Waals surface area contributed by atoms with Crippen LogP contribution >= 0.6 is 0 Å². The summed E-state index contributed by atoms with van der Waals surface area (Å²) in [5.41, 5.74) is 7.31. The molecule has 0 aromatic heterocycles. The molecule has 2 rings (SSSR count). The Kier molecular flexibility index (Phi) is 2.00. The second-order valence-electron chi connectivity index (χ2n) is 3.18. The van der Waals surface area contributed by atoms with Gasteiger partial charge in [-0.05, 0) is 6.07 Å². The van der Waals surface area contributed by atoms with E-state index in [1.807, 2.05) is 0 Å². The molecular formula is C10H7N2O3. The number of fused-ring (bicyclic) bond motifs is 1. The molecule has 1 aliphatic heterocycles. The van der Waals surface area contributed by atoms with Gasteiger partial charge in [-0.15, -0.1) is 0 Å². The normalized spacial score (nSPS) is 19.3. The van der Waals surface area contributed by atoms with Crippen LogP contribution in [0.25, 0.3) is 0 Å². The van der Waals surface area contributed by atoms with Crippen LogP contribution in [0.4, 0.5) is 0 Å². The molecule has 1 aromatic rings. The Morgan fingerprint density at radius 1 is 1.20 bits per heavy atom. The van der Waals surface area contributed by atoms with Crippen molar-refractivity contribution in [1.82, 2.24) is 11.1 Å². The van der Waals surface area contributed by atoms with Gasteiger partial charge in [-0.3, -0.25) is 20.1 Å². The lowest BCUT2D eigenvalue weighted by molar-refractivity contribution is -0.119. The standard InChI is InChI=1S/C10H7N2O3/c11-9(14)7-8(13)5-3-1-2-4-6(5)10(15)12-7/h1-4,7,11H,(H,12,15)/t7-/m0/s1. The molecule has 0 fully saturated rings. The number of carbonyl (C=O) groups is 3. The number of hydrogen-bond acceptors (Lipinski definition) is 3. The minimum absolute atomic E-state index is 0.201. The van der Waals surface area contributed by atoms with Gasteiger partial charge < -0.3 is 5.32 Å². The SMILES string of the molecule is [NH]C(=O)[C@H]1NC(=O)c2ccccc2C1=O. The van der Waals surface area contributed by atoms with Gasteiger partial charge in [0, 0.05) is 5.56 Å². The van der Waals surface area contributed by atoms with E-state index >= 15 is 0 Å². The molecule has 0 saturated carbocycles. The van der Waals surface area contributed by atoms with Gasteiger partial charge in [-0.1, -0.05) is 18.2 Å². The van der Waals surface area contributed by atoms with Gasteiger partial charge in [0.1, 0.15) is 0 Å². The Morgan fingerprint density at radius 2 is 1.80 bits per heavy atom. The number of nitrogens with one attached hydrogen (secondary N) is 2.